The number of hydrogen-bond acceptors (Lipinski definition) is 8. The Kier molecular flexibility index (Phi) is 4.60. The van der Waals surface area contributed by atoms with Crippen LogP contribution in [0.5, 0.6) is 0 Å². The van der Waals surface area contributed by atoms with Crippen molar-refractivity contribution in [3.05, 3.63) is 0 Å². The van der Waals surface area contributed by atoms with E-state index in [0.29, 0.717) is 19.3 Å². The smallest absolute Gasteiger partial charge is 0.457 e. The summed E-state index contributed by atoms with van der Waals surface area (Å²) in [5.41, 5.74) is -1.93. The Morgan fingerprint density at radius 2 is 1.77 bits per heavy atom. The van der Waals surface area contributed by atoms with E-state index in [1.54, 1.807) is 20.8 Å². The van der Waals surface area contributed by atoms with Crippen LogP contribution in [-0.2, 0) is 38.7 Å². The van der Waals surface area contributed by atoms with E-state index in [9.17, 15) is 31.6 Å². The van der Waals surface area contributed by atoms with Gasteiger partial charge in [-0.25, -0.2) is 9.59 Å². The van der Waals surface area contributed by atoms with E-state index in [1.807, 2.05) is 0 Å². The van der Waals surface area contributed by atoms with Gasteiger partial charge in [-0.3, -0.25) is 9.35 Å². The minimum Gasteiger partial charge on any atom is -0.457 e. The molecule has 6 unspecified atom stereocenters. The molecule has 4 fully saturated rings. The molecule has 0 heterocycles. The van der Waals surface area contributed by atoms with Crippen LogP contribution in [0.2, 0.25) is 0 Å². The average molecular weight is 466 g/mol. The Morgan fingerprint density at radius 3 is 2.35 bits per heavy atom. The molecule has 4 saturated carbocycles. The molecule has 0 aromatic heterocycles. The highest BCUT2D eigenvalue weighted by Crippen LogP contribution is 2.85. The minimum atomic E-state index is -5.95. The van der Waals surface area contributed by atoms with Crippen LogP contribution in [0.3, 0.4) is 0 Å². The maximum absolute atomic E-state index is 13.6. The first-order chi connectivity index (χ1) is 14.0. The largest absolute Gasteiger partial charge is 0.465 e. The fraction of sp³-hybridized carbons (Fsp3) is 0.842. The quantitative estimate of drug-likeness (QED) is 0.353. The Hall–Kier alpha value is -1.82. The summed E-state index contributed by atoms with van der Waals surface area (Å²) >= 11 is 0. The van der Waals surface area contributed by atoms with E-state index in [0.717, 1.165) is 0 Å². The molecule has 0 aliphatic heterocycles. The molecule has 6 atom stereocenters. The molecule has 1 spiro atoms. The van der Waals surface area contributed by atoms with Crippen molar-refractivity contribution >= 4 is 28.0 Å². The first-order valence-corrected chi connectivity index (χ1v) is 11.4. The maximum Gasteiger partial charge on any atom is 0.465 e. The van der Waals surface area contributed by atoms with Crippen molar-refractivity contribution in [3.8, 4) is 0 Å². The van der Waals surface area contributed by atoms with Gasteiger partial charge in [-0.1, -0.05) is 0 Å². The highest BCUT2D eigenvalue weighted by molar-refractivity contribution is 7.87. The molecule has 0 aromatic rings. The summed E-state index contributed by atoms with van der Waals surface area (Å²) < 4.78 is 72.5. The van der Waals surface area contributed by atoms with Crippen LogP contribution >= 0.6 is 0 Å². The molecule has 2 bridgehead atoms. The lowest BCUT2D eigenvalue weighted by Crippen LogP contribution is -2.70. The van der Waals surface area contributed by atoms with Crippen molar-refractivity contribution < 1.29 is 50.3 Å². The Bertz CT molecular complexity index is 956. The van der Waals surface area contributed by atoms with Crippen LogP contribution in [0.15, 0.2) is 0 Å². The molecule has 9 nitrogen and oxygen atoms in total. The normalized spacial score (nSPS) is 37.9. The highest BCUT2D eigenvalue weighted by atomic mass is 32.2. The molecule has 0 aromatic carbocycles. The van der Waals surface area contributed by atoms with Gasteiger partial charge in [0.1, 0.15) is 11.7 Å². The molecule has 12 heteroatoms. The zero-order chi connectivity index (χ0) is 23.2. The third kappa shape index (κ3) is 3.08. The summed E-state index contributed by atoms with van der Waals surface area (Å²) in [6.45, 7) is 4.51. The van der Waals surface area contributed by atoms with Crippen LogP contribution < -0.4 is 0 Å². The maximum atomic E-state index is 13.6. The van der Waals surface area contributed by atoms with E-state index in [4.69, 9.17) is 18.8 Å². The first-order valence-electron chi connectivity index (χ1n) is 9.98. The molecular weight excluding hydrogens is 442 g/mol. The number of esters is 3. The summed E-state index contributed by atoms with van der Waals surface area (Å²) in [6.07, 6.45) is 0.859. The number of fused-ring (bicyclic) bond motifs is 1. The van der Waals surface area contributed by atoms with Crippen molar-refractivity contribution in [2.24, 2.45) is 28.6 Å². The number of alkyl halides is 2. The van der Waals surface area contributed by atoms with Crippen molar-refractivity contribution in [1.82, 2.24) is 0 Å². The molecular formula is C19H24F2O9S. The SMILES string of the molecule is CC(C)(C)OC(=O)COC(=O)C12CC3CC4C(OC(=O)C(F)(F)S(=O)(=O)O)C(C1)C34C2. The fourth-order valence-corrected chi connectivity index (χ4v) is 6.67. The Morgan fingerprint density at radius 1 is 1.13 bits per heavy atom. The number of ether oxygens (including phenoxy) is 3. The van der Waals surface area contributed by atoms with Gasteiger partial charge in [-0.2, -0.15) is 17.2 Å². The predicted molar refractivity (Wildman–Crippen MR) is 97.0 cm³/mol. The van der Waals surface area contributed by atoms with Gasteiger partial charge >= 0.3 is 33.3 Å². The third-order valence-corrected chi connectivity index (χ3v) is 8.16. The molecule has 4 aliphatic carbocycles. The number of carbonyl (C=O) groups is 3. The van der Waals surface area contributed by atoms with Crippen LogP contribution in [0.1, 0.15) is 46.5 Å². The molecule has 4 rings (SSSR count). The van der Waals surface area contributed by atoms with Gasteiger partial charge in [-0.15, -0.1) is 0 Å². The summed E-state index contributed by atoms with van der Waals surface area (Å²) in [7, 11) is -5.95. The molecule has 0 radical (unpaired) electrons. The zero-order valence-electron chi connectivity index (χ0n) is 17.2. The second kappa shape index (κ2) is 6.37. The van der Waals surface area contributed by atoms with Gasteiger partial charge in [0.05, 0.1) is 5.41 Å². The minimum absolute atomic E-state index is 0.155. The molecule has 4 aliphatic rings. The fourth-order valence-electron chi connectivity index (χ4n) is 6.41. The van der Waals surface area contributed by atoms with Crippen LogP contribution in [0.25, 0.3) is 0 Å². The first kappa shape index (κ1) is 22.4. The van der Waals surface area contributed by atoms with E-state index >= 15 is 0 Å². The van der Waals surface area contributed by atoms with Gasteiger partial charge in [0.2, 0.25) is 0 Å². The molecule has 1 N–H and O–H groups in total. The van der Waals surface area contributed by atoms with Gasteiger partial charge in [0.15, 0.2) is 6.61 Å². The summed E-state index contributed by atoms with van der Waals surface area (Å²) in [6, 6.07) is 0. The topological polar surface area (TPSA) is 133 Å². The van der Waals surface area contributed by atoms with Crippen molar-refractivity contribution in [1.29, 1.82) is 0 Å². The van der Waals surface area contributed by atoms with Gasteiger partial charge in [-0.05, 0) is 57.8 Å². The van der Waals surface area contributed by atoms with Crippen LogP contribution in [0, 0.1) is 28.6 Å². The van der Waals surface area contributed by atoms with Crippen molar-refractivity contribution in [2.75, 3.05) is 6.61 Å². The van der Waals surface area contributed by atoms with Crippen LogP contribution in [-0.4, -0.2) is 54.4 Å². The number of rotatable bonds is 6. The summed E-state index contributed by atoms with van der Waals surface area (Å²) in [4.78, 5) is 36.4. The van der Waals surface area contributed by atoms with Crippen molar-refractivity contribution in [3.63, 3.8) is 0 Å². The van der Waals surface area contributed by atoms with E-state index in [1.165, 1.54) is 0 Å². The van der Waals surface area contributed by atoms with E-state index < -0.39 is 57.0 Å². The standard InChI is InChI=1S/C19H24F2O9S/c1-16(2,3)30-12(22)7-28-14(23)17-5-9-4-10-13(11(6-17)18(9,10)8-17)29-15(24)19(20,21)31(25,26)27/h9-11,13H,4-8H2,1-3H3,(H,25,26,27). The second-order valence-electron chi connectivity index (χ2n) is 10.1. The van der Waals surface area contributed by atoms with Crippen LogP contribution in [0.4, 0.5) is 8.78 Å². The Balaban J connectivity index is 1.42. The lowest BCUT2D eigenvalue weighted by atomic mass is 9.37. The van der Waals surface area contributed by atoms with Gasteiger partial charge in [0, 0.05) is 11.8 Å². The van der Waals surface area contributed by atoms with Crippen molar-refractivity contribution in [2.45, 2.75) is 63.4 Å². The lowest BCUT2D eigenvalue weighted by molar-refractivity contribution is -0.273. The van der Waals surface area contributed by atoms with Gasteiger partial charge in [0.25, 0.3) is 0 Å². The lowest BCUT2D eigenvalue weighted by Gasteiger charge is -2.69. The zero-order valence-corrected chi connectivity index (χ0v) is 18.0. The van der Waals surface area contributed by atoms with E-state index in [2.05, 4.69) is 0 Å². The van der Waals surface area contributed by atoms with E-state index in [-0.39, 0.29) is 29.6 Å². The van der Waals surface area contributed by atoms with Gasteiger partial charge < -0.3 is 14.2 Å². The molecule has 0 amide bonds. The monoisotopic (exact) mass is 466 g/mol. The predicted octanol–water partition coefficient (Wildman–Crippen LogP) is 1.70. The molecule has 31 heavy (non-hydrogen) atoms. The number of halogens is 2. The Labute approximate surface area is 177 Å². The highest BCUT2D eigenvalue weighted by Gasteiger charge is 2.84. The average Bonchev–Trinajstić information content (AvgIpc) is 3.08. The summed E-state index contributed by atoms with van der Waals surface area (Å²) in [5, 5.41) is -5.06. The number of carbonyl (C=O) groups excluding carboxylic acids is 3. The second-order valence-corrected chi connectivity index (χ2v) is 11.6. The molecule has 0 saturated heterocycles. The third-order valence-electron chi connectivity index (χ3n) is 7.34. The summed E-state index contributed by atoms with van der Waals surface area (Å²) in [5.74, 6) is -4.03. The number of hydrogen-bond donors (Lipinski definition) is 1. The molecule has 174 valence electrons.